The highest BCUT2D eigenvalue weighted by Crippen LogP contribution is 2.38. The van der Waals surface area contributed by atoms with Gasteiger partial charge in [-0.1, -0.05) is 42.5 Å². The minimum atomic E-state index is -1.03. The van der Waals surface area contributed by atoms with E-state index in [-0.39, 0.29) is 5.82 Å². The van der Waals surface area contributed by atoms with Crippen LogP contribution in [0.1, 0.15) is 23.1 Å². The van der Waals surface area contributed by atoms with Crippen molar-refractivity contribution in [2.24, 2.45) is 10.2 Å². The summed E-state index contributed by atoms with van der Waals surface area (Å²) in [7, 11) is 0. The van der Waals surface area contributed by atoms with E-state index >= 15 is 0 Å². The molecule has 2 heterocycles. The summed E-state index contributed by atoms with van der Waals surface area (Å²) in [5.74, 6) is -0.342. The number of benzene rings is 2. The SMILES string of the molecule is CC1=NN=C(c2nccs2)C1(c1ccc(F)cc1)N(C=O)CCc1ccccc1. The molecule has 0 N–H and O–H groups in total. The lowest BCUT2D eigenvalue weighted by Crippen LogP contribution is -2.55. The number of aromatic nitrogens is 1. The van der Waals surface area contributed by atoms with Crippen LogP contribution in [0.15, 0.2) is 76.4 Å². The van der Waals surface area contributed by atoms with Gasteiger partial charge in [0.2, 0.25) is 6.41 Å². The molecule has 1 unspecified atom stereocenters. The van der Waals surface area contributed by atoms with E-state index in [9.17, 15) is 9.18 Å². The smallest absolute Gasteiger partial charge is 0.211 e. The van der Waals surface area contributed by atoms with Crippen LogP contribution in [0.5, 0.6) is 0 Å². The van der Waals surface area contributed by atoms with Gasteiger partial charge in [-0.05, 0) is 36.6 Å². The van der Waals surface area contributed by atoms with Crippen molar-refractivity contribution in [2.75, 3.05) is 6.54 Å². The lowest BCUT2D eigenvalue weighted by molar-refractivity contribution is -0.120. The van der Waals surface area contributed by atoms with E-state index in [0.717, 1.165) is 17.5 Å². The predicted octanol–water partition coefficient (Wildman–Crippen LogP) is 4.06. The third-order valence-electron chi connectivity index (χ3n) is 5.11. The molecular formula is C22H19FN4OS. The highest BCUT2D eigenvalue weighted by Gasteiger charge is 2.50. The van der Waals surface area contributed by atoms with E-state index in [2.05, 4.69) is 15.2 Å². The van der Waals surface area contributed by atoms with Gasteiger partial charge >= 0.3 is 0 Å². The van der Waals surface area contributed by atoms with Gasteiger partial charge in [-0.3, -0.25) is 4.79 Å². The lowest BCUT2D eigenvalue weighted by atomic mass is 9.80. The van der Waals surface area contributed by atoms with Crippen molar-refractivity contribution in [3.63, 3.8) is 0 Å². The molecule has 0 spiro atoms. The maximum absolute atomic E-state index is 13.7. The minimum absolute atomic E-state index is 0.342. The number of thiazole rings is 1. The van der Waals surface area contributed by atoms with Crippen LogP contribution >= 0.6 is 11.3 Å². The van der Waals surface area contributed by atoms with Crippen LogP contribution in [-0.2, 0) is 16.8 Å². The molecule has 7 heteroatoms. The Labute approximate surface area is 172 Å². The van der Waals surface area contributed by atoms with E-state index in [4.69, 9.17) is 0 Å². The van der Waals surface area contributed by atoms with E-state index in [1.165, 1.54) is 23.5 Å². The standard InChI is InChI=1S/C22H19FN4OS/c1-16-22(18-7-9-19(23)10-8-18,20(26-25-16)21-24-12-14-29-21)27(15-28)13-11-17-5-3-2-4-6-17/h2-10,12,14-15H,11,13H2,1H3. The van der Waals surface area contributed by atoms with E-state index in [0.29, 0.717) is 29.4 Å². The Balaban J connectivity index is 1.81. The van der Waals surface area contributed by atoms with E-state index in [1.807, 2.05) is 42.6 Å². The summed E-state index contributed by atoms with van der Waals surface area (Å²) in [4.78, 5) is 18.4. The second-order valence-electron chi connectivity index (χ2n) is 6.72. The maximum atomic E-state index is 13.7. The second kappa shape index (κ2) is 8.05. The Morgan fingerprint density at radius 2 is 1.86 bits per heavy atom. The van der Waals surface area contributed by atoms with Crippen LogP contribution in [0.25, 0.3) is 0 Å². The zero-order valence-corrected chi connectivity index (χ0v) is 16.6. The summed E-state index contributed by atoms with van der Waals surface area (Å²) in [5.41, 5.74) is 2.05. The summed E-state index contributed by atoms with van der Waals surface area (Å²) >= 11 is 1.43. The first-order valence-electron chi connectivity index (χ1n) is 9.21. The molecule has 1 amide bonds. The number of hydrogen-bond acceptors (Lipinski definition) is 5. The summed E-state index contributed by atoms with van der Waals surface area (Å²) < 4.78 is 13.7. The molecule has 1 aromatic heterocycles. The van der Waals surface area contributed by atoms with Crippen molar-refractivity contribution in [1.82, 2.24) is 9.88 Å². The molecule has 0 fully saturated rings. The Hall–Kier alpha value is -3.19. The van der Waals surface area contributed by atoms with Crippen LogP contribution in [0, 0.1) is 5.82 Å². The summed E-state index contributed by atoms with van der Waals surface area (Å²) in [6.45, 7) is 2.29. The number of carbonyl (C=O) groups excluding carboxylic acids is 1. The van der Waals surface area contributed by atoms with Gasteiger partial charge in [0.1, 0.15) is 16.5 Å². The monoisotopic (exact) mass is 406 g/mol. The normalized spacial score (nSPS) is 18.3. The van der Waals surface area contributed by atoms with Crippen LogP contribution in [0.3, 0.4) is 0 Å². The predicted molar refractivity (Wildman–Crippen MR) is 113 cm³/mol. The first-order chi connectivity index (χ1) is 14.2. The average molecular weight is 406 g/mol. The molecule has 0 saturated heterocycles. The van der Waals surface area contributed by atoms with Crippen molar-refractivity contribution in [3.05, 3.63) is 88.1 Å². The molecule has 0 bridgehead atoms. The molecule has 1 atom stereocenters. The van der Waals surface area contributed by atoms with Gasteiger partial charge in [-0.2, -0.15) is 5.10 Å². The first kappa shape index (κ1) is 19.1. The summed E-state index contributed by atoms with van der Waals surface area (Å²) in [6, 6.07) is 16.1. The van der Waals surface area contributed by atoms with Gasteiger partial charge in [-0.15, -0.1) is 16.4 Å². The third kappa shape index (κ3) is 3.38. The zero-order chi connectivity index (χ0) is 20.3. The molecule has 2 aromatic carbocycles. The number of halogens is 1. The molecule has 0 saturated carbocycles. The fraction of sp³-hybridized carbons (Fsp3) is 0.182. The fourth-order valence-corrected chi connectivity index (χ4v) is 4.39. The molecular weight excluding hydrogens is 387 g/mol. The average Bonchev–Trinajstić information content (AvgIpc) is 3.39. The number of hydrogen-bond donors (Lipinski definition) is 0. The summed E-state index contributed by atoms with van der Waals surface area (Å²) in [6.07, 6.45) is 3.18. The van der Waals surface area contributed by atoms with Gasteiger partial charge in [0.15, 0.2) is 5.54 Å². The molecule has 1 aliphatic heterocycles. The highest BCUT2D eigenvalue weighted by atomic mass is 32.1. The molecule has 5 nitrogen and oxygen atoms in total. The number of amides is 1. The quantitative estimate of drug-likeness (QED) is 0.556. The Morgan fingerprint density at radius 1 is 1.10 bits per heavy atom. The third-order valence-corrected chi connectivity index (χ3v) is 5.89. The molecule has 4 rings (SSSR count). The minimum Gasteiger partial charge on any atom is -0.324 e. The highest BCUT2D eigenvalue weighted by molar-refractivity contribution is 7.11. The van der Waals surface area contributed by atoms with Gasteiger partial charge in [0, 0.05) is 18.1 Å². The summed E-state index contributed by atoms with van der Waals surface area (Å²) in [5, 5.41) is 11.3. The van der Waals surface area contributed by atoms with Crippen molar-refractivity contribution >= 4 is 29.2 Å². The number of rotatable bonds is 7. The van der Waals surface area contributed by atoms with Gasteiger partial charge in [-0.25, -0.2) is 9.37 Å². The van der Waals surface area contributed by atoms with Crippen molar-refractivity contribution in [2.45, 2.75) is 18.9 Å². The van der Waals surface area contributed by atoms with Crippen LogP contribution < -0.4 is 0 Å². The van der Waals surface area contributed by atoms with E-state index in [1.54, 1.807) is 23.2 Å². The molecule has 0 radical (unpaired) electrons. The Morgan fingerprint density at radius 3 is 2.52 bits per heavy atom. The topological polar surface area (TPSA) is 57.9 Å². The Bertz CT molecular complexity index is 1050. The lowest BCUT2D eigenvalue weighted by Gasteiger charge is -2.40. The van der Waals surface area contributed by atoms with Crippen molar-refractivity contribution in [1.29, 1.82) is 0 Å². The largest absolute Gasteiger partial charge is 0.324 e. The van der Waals surface area contributed by atoms with Gasteiger partial charge < -0.3 is 4.90 Å². The molecule has 3 aromatic rings. The first-order valence-corrected chi connectivity index (χ1v) is 10.1. The van der Waals surface area contributed by atoms with E-state index < -0.39 is 5.54 Å². The van der Waals surface area contributed by atoms with Crippen LogP contribution in [0.2, 0.25) is 0 Å². The van der Waals surface area contributed by atoms with Crippen molar-refractivity contribution < 1.29 is 9.18 Å². The molecule has 29 heavy (non-hydrogen) atoms. The van der Waals surface area contributed by atoms with Gasteiger partial charge in [0.25, 0.3) is 0 Å². The fourth-order valence-electron chi connectivity index (χ4n) is 3.72. The zero-order valence-electron chi connectivity index (χ0n) is 15.8. The molecule has 0 aliphatic carbocycles. The molecule has 1 aliphatic rings. The number of carbonyl (C=O) groups is 1. The van der Waals surface area contributed by atoms with Crippen LogP contribution in [-0.4, -0.2) is 34.3 Å². The van der Waals surface area contributed by atoms with Crippen LogP contribution in [0.4, 0.5) is 4.39 Å². The molecule has 146 valence electrons. The van der Waals surface area contributed by atoms with Gasteiger partial charge in [0.05, 0.1) is 5.71 Å². The Kier molecular flexibility index (Phi) is 5.31. The second-order valence-corrected chi connectivity index (χ2v) is 7.62. The maximum Gasteiger partial charge on any atom is 0.211 e. The van der Waals surface area contributed by atoms with Crippen molar-refractivity contribution in [3.8, 4) is 0 Å². The number of nitrogens with zero attached hydrogens (tertiary/aromatic N) is 4.